The average molecular weight is 395 g/mol. The Bertz CT molecular complexity index is 555. The number of rotatable bonds is 16. The summed E-state index contributed by atoms with van der Waals surface area (Å²) in [6.07, 6.45) is 11.7. The van der Waals surface area contributed by atoms with E-state index in [0.29, 0.717) is 12.1 Å². The normalized spacial score (nSPS) is 13.3. The van der Waals surface area contributed by atoms with Crippen LogP contribution in [-0.4, -0.2) is 25.2 Å². The standard InChI is InChI=1S/C27H42N2/c1-24(22-26-16-10-8-11-17-26)28-20-14-6-4-3-5-7-15-21-29-25(2)23-27-18-12-9-13-19-27/h8-13,16-19,24-25,28-29H,3-7,14-15,20-23H2,1-2H3/t24-,25+. The summed E-state index contributed by atoms with van der Waals surface area (Å²) in [6.45, 7) is 6.89. The average Bonchev–Trinajstić information content (AvgIpc) is 2.73. The van der Waals surface area contributed by atoms with Gasteiger partial charge in [0.05, 0.1) is 0 Å². The lowest BCUT2D eigenvalue weighted by Gasteiger charge is -2.14. The third-order valence-electron chi connectivity index (χ3n) is 5.61. The summed E-state index contributed by atoms with van der Waals surface area (Å²) in [5.41, 5.74) is 2.85. The number of unbranched alkanes of at least 4 members (excludes halogenated alkanes) is 6. The minimum atomic E-state index is 0.564. The molecule has 0 aliphatic heterocycles. The van der Waals surface area contributed by atoms with Crippen LogP contribution in [0.4, 0.5) is 0 Å². The molecule has 0 aliphatic carbocycles. The zero-order valence-corrected chi connectivity index (χ0v) is 18.7. The van der Waals surface area contributed by atoms with Crippen LogP contribution in [0.5, 0.6) is 0 Å². The van der Waals surface area contributed by atoms with Crippen molar-refractivity contribution in [3.05, 3.63) is 71.8 Å². The molecule has 0 radical (unpaired) electrons. The molecule has 2 aromatic carbocycles. The quantitative estimate of drug-likeness (QED) is 0.333. The molecule has 0 fully saturated rings. The van der Waals surface area contributed by atoms with E-state index < -0.39 is 0 Å². The van der Waals surface area contributed by atoms with Crippen LogP contribution in [0.25, 0.3) is 0 Å². The summed E-state index contributed by atoms with van der Waals surface area (Å²) in [5.74, 6) is 0. The minimum Gasteiger partial charge on any atom is -0.314 e. The molecule has 0 bridgehead atoms. The highest BCUT2D eigenvalue weighted by Gasteiger charge is 2.03. The predicted molar refractivity (Wildman–Crippen MR) is 128 cm³/mol. The van der Waals surface area contributed by atoms with Crippen molar-refractivity contribution in [3.63, 3.8) is 0 Å². The molecule has 0 unspecified atom stereocenters. The molecular weight excluding hydrogens is 352 g/mol. The van der Waals surface area contributed by atoms with Crippen LogP contribution >= 0.6 is 0 Å². The molecule has 0 saturated carbocycles. The maximum atomic E-state index is 3.67. The first-order chi connectivity index (χ1) is 14.2. The third-order valence-corrected chi connectivity index (χ3v) is 5.61. The second-order valence-corrected chi connectivity index (χ2v) is 8.56. The van der Waals surface area contributed by atoms with Gasteiger partial charge in [-0.1, -0.05) is 92.8 Å². The Kier molecular flexibility index (Phi) is 12.4. The SMILES string of the molecule is C[C@H](Cc1ccccc1)NCCCCCCCCCN[C@@H](C)Cc1ccccc1. The fraction of sp³-hybridized carbons (Fsp3) is 0.556. The van der Waals surface area contributed by atoms with E-state index in [4.69, 9.17) is 0 Å². The lowest BCUT2D eigenvalue weighted by molar-refractivity contribution is 0.496. The Morgan fingerprint density at radius 2 is 0.862 bits per heavy atom. The summed E-state index contributed by atoms with van der Waals surface area (Å²) in [4.78, 5) is 0. The largest absolute Gasteiger partial charge is 0.314 e. The van der Waals surface area contributed by atoms with Gasteiger partial charge in [-0.25, -0.2) is 0 Å². The molecule has 0 amide bonds. The van der Waals surface area contributed by atoms with Gasteiger partial charge in [0.2, 0.25) is 0 Å². The molecule has 2 atom stereocenters. The lowest BCUT2D eigenvalue weighted by atomic mass is 10.1. The van der Waals surface area contributed by atoms with Gasteiger partial charge in [0, 0.05) is 12.1 Å². The van der Waals surface area contributed by atoms with Crippen LogP contribution < -0.4 is 10.6 Å². The highest BCUT2D eigenvalue weighted by Crippen LogP contribution is 2.08. The van der Waals surface area contributed by atoms with Gasteiger partial charge in [-0.2, -0.15) is 0 Å². The summed E-state index contributed by atoms with van der Waals surface area (Å²) in [5, 5.41) is 7.34. The molecular formula is C27H42N2. The zero-order chi connectivity index (χ0) is 20.6. The van der Waals surface area contributed by atoms with E-state index in [2.05, 4.69) is 85.1 Å². The first-order valence-corrected chi connectivity index (χ1v) is 11.8. The summed E-state index contributed by atoms with van der Waals surface area (Å²) in [6, 6.07) is 22.7. The maximum Gasteiger partial charge on any atom is 0.00791 e. The van der Waals surface area contributed by atoms with Gasteiger partial charge in [0.25, 0.3) is 0 Å². The van der Waals surface area contributed by atoms with Gasteiger partial charge in [-0.05, 0) is 63.7 Å². The van der Waals surface area contributed by atoms with Crippen molar-refractivity contribution in [1.82, 2.24) is 10.6 Å². The number of nitrogens with one attached hydrogen (secondary N) is 2. The van der Waals surface area contributed by atoms with Gasteiger partial charge in [0.1, 0.15) is 0 Å². The van der Waals surface area contributed by atoms with Crippen molar-refractivity contribution >= 4 is 0 Å². The van der Waals surface area contributed by atoms with Gasteiger partial charge in [0.15, 0.2) is 0 Å². The van der Waals surface area contributed by atoms with Crippen molar-refractivity contribution in [1.29, 1.82) is 0 Å². The molecule has 2 aromatic rings. The Hall–Kier alpha value is -1.64. The van der Waals surface area contributed by atoms with Crippen LogP contribution in [0, 0.1) is 0 Å². The van der Waals surface area contributed by atoms with Crippen molar-refractivity contribution in [2.45, 2.75) is 83.7 Å². The zero-order valence-electron chi connectivity index (χ0n) is 18.7. The Balaban J connectivity index is 1.34. The fourth-order valence-electron chi connectivity index (χ4n) is 3.91. The van der Waals surface area contributed by atoms with Gasteiger partial charge in [-0.15, -0.1) is 0 Å². The second kappa shape index (κ2) is 15.2. The first-order valence-electron chi connectivity index (χ1n) is 11.8. The van der Waals surface area contributed by atoms with Gasteiger partial charge in [-0.3, -0.25) is 0 Å². The van der Waals surface area contributed by atoms with E-state index in [1.807, 2.05) is 0 Å². The molecule has 2 rings (SSSR count). The van der Waals surface area contributed by atoms with E-state index in [1.54, 1.807) is 0 Å². The highest BCUT2D eigenvalue weighted by atomic mass is 14.9. The minimum absolute atomic E-state index is 0.564. The third kappa shape index (κ3) is 11.8. The second-order valence-electron chi connectivity index (χ2n) is 8.56. The molecule has 0 saturated heterocycles. The maximum absolute atomic E-state index is 3.67. The van der Waals surface area contributed by atoms with Crippen molar-refractivity contribution in [3.8, 4) is 0 Å². The Labute approximate surface area is 179 Å². The van der Waals surface area contributed by atoms with Crippen LogP contribution in [0.1, 0.15) is 69.9 Å². The molecule has 0 aromatic heterocycles. The molecule has 2 nitrogen and oxygen atoms in total. The van der Waals surface area contributed by atoms with E-state index in [0.717, 1.165) is 25.9 Å². The molecule has 2 heteroatoms. The smallest absolute Gasteiger partial charge is 0.00791 e. The van der Waals surface area contributed by atoms with E-state index in [-0.39, 0.29) is 0 Å². The summed E-state index contributed by atoms with van der Waals surface area (Å²) in [7, 11) is 0. The Morgan fingerprint density at radius 1 is 0.517 bits per heavy atom. The van der Waals surface area contributed by atoms with Crippen LogP contribution in [-0.2, 0) is 12.8 Å². The van der Waals surface area contributed by atoms with Gasteiger partial charge >= 0.3 is 0 Å². The fourth-order valence-corrected chi connectivity index (χ4v) is 3.91. The van der Waals surface area contributed by atoms with Crippen molar-refractivity contribution in [2.24, 2.45) is 0 Å². The van der Waals surface area contributed by atoms with Crippen LogP contribution in [0.2, 0.25) is 0 Å². The topological polar surface area (TPSA) is 24.1 Å². The monoisotopic (exact) mass is 394 g/mol. The molecule has 29 heavy (non-hydrogen) atoms. The van der Waals surface area contributed by atoms with E-state index in [1.165, 1.54) is 56.1 Å². The molecule has 160 valence electrons. The Morgan fingerprint density at radius 3 is 1.24 bits per heavy atom. The first kappa shape index (κ1) is 23.6. The summed E-state index contributed by atoms with van der Waals surface area (Å²) >= 11 is 0. The van der Waals surface area contributed by atoms with Crippen molar-refractivity contribution < 1.29 is 0 Å². The number of hydrogen-bond acceptors (Lipinski definition) is 2. The van der Waals surface area contributed by atoms with Gasteiger partial charge < -0.3 is 10.6 Å². The molecule has 0 heterocycles. The predicted octanol–water partition coefficient (Wildman–Crippen LogP) is 6.16. The highest BCUT2D eigenvalue weighted by molar-refractivity contribution is 5.16. The molecule has 0 aliphatic rings. The molecule has 0 spiro atoms. The number of hydrogen-bond donors (Lipinski definition) is 2. The van der Waals surface area contributed by atoms with Crippen LogP contribution in [0.3, 0.4) is 0 Å². The van der Waals surface area contributed by atoms with E-state index in [9.17, 15) is 0 Å². The molecule has 2 N–H and O–H groups in total. The lowest BCUT2D eigenvalue weighted by Crippen LogP contribution is -2.29. The summed E-state index contributed by atoms with van der Waals surface area (Å²) < 4.78 is 0. The van der Waals surface area contributed by atoms with E-state index >= 15 is 0 Å². The van der Waals surface area contributed by atoms with Crippen LogP contribution in [0.15, 0.2) is 60.7 Å². The van der Waals surface area contributed by atoms with Crippen molar-refractivity contribution in [2.75, 3.05) is 13.1 Å². The number of benzene rings is 2.